The van der Waals surface area contributed by atoms with E-state index in [1.807, 2.05) is 0 Å². The summed E-state index contributed by atoms with van der Waals surface area (Å²) in [6.45, 7) is 0. The maximum absolute atomic E-state index is 13.1. The summed E-state index contributed by atoms with van der Waals surface area (Å²) in [6, 6.07) is 8.82. The van der Waals surface area contributed by atoms with Crippen LogP contribution in [0, 0.1) is 10.1 Å². The smallest absolute Gasteiger partial charge is 0.311 e. The van der Waals surface area contributed by atoms with Gasteiger partial charge in [0.1, 0.15) is 11.3 Å². The Labute approximate surface area is 181 Å². The van der Waals surface area contributed by atoms with Gasteiger partial charge in [-0.3, -0.25) is 29.9 Å². The predicted octanol–water partition coefficient (Wildman–Crippen LogP) is 3.10. The molecule has 11 heteroatoms. The Morgan fingerprint density at radius 3 is 2.47 bits per heavy atom. The molecule has 0 radical (unpaired) electrons. The number of hydrogen-bond donors (Lipinski definition) is 1. The van der Waals surface area contributed by atoms with Gasteiger partial charge in [-0.1, -0.05) is 17.7 Å². The number of amides is 2. The van der Waals surface area contributed by atoms with Gasteiger partial charge in [0, 0.05) is 22.7 Å². The van der Waals surface area contributed by atoms with E-state index in [0.29, 0.717) is 10.7 Å². The van der Waals surface area contributed by atoms with Gasteiger partial charge in [0.25, 0.3) is 11.8 Å². The maximum atomic E-state index is 13.1. The van der Waals surface area contributed by atoms with Crippen molar-refractivity contribution in [2.45, 2.75) is 0 Å². The standard InChI is InChI=1S/C19H14ClN3O6S/c1-28-15-9-16(29-2)14(23(26)27)7-10(15)6-13-17(24)21-19(30)22(18(13)25)12-5-3-4-11(20)8-12/h3-9H,1-2H3,(H,21,24,30)/b13-6+. The third kappa shape index (κ3) is 3.95. The van der Waals surface area contributed by atoms with Crippen molar-refractivity contribution in [3.63, 3.8) is 0 Å². The molecule has 0 aromatic heterocycles. The number of ether oxygens (including phenoxy) is 2. The van der Waals surface area contributed by atoms with E-state index in [9.17, 15) is 19.7 Å². The molecule has 1 aliphatic heterocycles. The van der Waals surface area contributed by atoms with Crippen molar-refractivity contribution in [2.75, 3.05) is 19.1 Å². The maximum Gasteiger partial charge on any atom is 0.311 e. The van der Waals surface area contributed by atoms with E-state index in [0.717, 1.165) is 11.0 Å². The van der Waals surface area contributed by atoms with Gasteiger partial charge in [0.2, 0.25) is 5.75 Å². The molecule has 2 aromatic carbocycles. The second kappa shape index (κ2) is 8.47. The van der Waals surface area contributed by atoms with Gasteiger partial charge in [-0.25, -0.2) is 0 Å². The van der Waals surface area contributed by atoms with Crippen molar-refractivity contribution < 1.29 is 24.0 Å². The Morgan fingerprint density at radius 1 is 1.17 bits per heavy atom. The number of nitrogens with one attached hydrogen (secondary N) is 1. The molecule has 1 fully saturated rings. The highest BCUT2D eigenvalue weighted by Crippen LogP contribution is 2.36. The summed E-state index contributed by atoms with van der Waals surface area (Å²) in [5, 5.41) is 14.0. The van der Waals surface area contributed by atoms with Gasteiger partial charge in [-0.15, -0.1) is 0 Å². The molecule has 1 heterocycles. The van der Waals surface area contributed by atoms with Crippen LogP contribution < -0.4 is 19.7 Å². The van der Waals surface area contributed by atoms with Crippen LogP contribution in [0.2, 0.25) is 5.02 Å². The number of carbonyl (C=O) groups excluding carboxylic acids is 2. The number of thiocarbonyl (C=S) groups is 1. The summed E-state index contributed by atoms with van der Waals surface area (Å²) in [4.78, 5) is 37.3. The minimum absolute atomic E-state index is 0.0276. The van der Waals surface area contributed by atoms with Crippen LogP contribution in [0.25, 0.3) is 6.08 Å². The normalized spacial score (nSPS) is 15.2. The van der Waals surface area contributed by atoms with E-state index in [1.54, 1.807) is 18.2 Å². The number of anilines is 1. The lowest BCUT2D eigenvalue weighted by Gasteiger charge is -2.29. The fourth-order valence-electron chi connectivity index (χ4n) is 2.82. The number of methoxy groups -OCH3 is 2. The Kier molecular flexibility index (Phi) is 5.99. The van der Waals surface area contributed by atoms with Crippen LogP contribution in [-0.4, -0.2) is 36.1 Å². The number of hydrogen-bond acceptors (Lipinski definition) is 7. The quantitative estimate of drug-likeness (QED) is 0.246. The number of nitro benzene ring substituents is 1. The van der Waals surface area contributed by atoms with Gasteiger partial charge in [0.05, 0.1) is 24.8 Å². The van der Waals surface area contributed by atoms with E-state index in [-0.39, 0.29) is 33.4 Å². The van der Waals surface area contributed by atoms with Crippen molar-refractivity contribution in [2.24, 2.45) is 0 Å². The van der Waals surface area contributed by atoms with Crippen LogP contribution in [0.4, 0.5) is 11.4 Å². The highest BCUT2D eigenvalue weighted by atomic mass is 35.5. The molecule has 0 spiro atoms. The molecule has 9 nitrogen and oxygen atoms in total. The van der Waals surface area contributed by atoms with Crippen molar-refractivity contribution in [1.82, 2.24) is 5.32 Å². The summed E-state index contributed by atoms with van der Waals surface area (Å²) in [6.07, 6.45) is 1.20. The first-order valence-corrected chi connectivity index (χ1v) is 9.13. The van der Waals surface area contributed by atoms with Gasteiger partial charge in [-0.05, 0) is 36.5 Å². The van der Waals surface area contributed by atoms with E-state index < -0.39 is 16.7 Å². The zero-order chi connectivity index (χ0) is 22.0. The van der Waals surface area contributed by atoms with Gasteiger partial charge in [0.15, 0.2) is 5.11 Å². The molecule has 1 aliphatic rings. The molecule has 2 amide bonds. The molecule has 0 atom stereocenters. The average Bonchev–Trinajstić information content (AvgIpc) is 2.70. The van der Waals surface area contributed by atoms with Crippen LogP contribution in [0.15, 0.2) is 42.0 Å². The van der Waals surface area contributed by atoms with Crippen LogP contribution in [0.3, 0.4) is 0 Å². The molecule has 0 aliphatic carbocycles. The fourth-order valence-corrected chi connectivity index (χ4v) is 3.29. The molecule has 0 bridgehead atoms. The second-order valence-corrected chi connectivity index (χ2v) is 6.78. The summed E-state index contributed by atoms with van der Waals surface area (Å²) in [5.74, 6) is -1.32. The Bertz CT molecular complexity index is 1120. The predicted molar refractivity (Wildman–Crippen MR) is 114 cm³/mol. The van der Waals surface area contributed by atoms with Crippen molar-refractivity contribution >= 4 is 58.2 Å². The topological polar surface area (TPSA) is 111 Å². The van der Waals surface area contributed by atoms with E-state index in [2.05, 4.69) is 5.32 Å². The van der Waals surface area contributed by atoms with Crippen LogP contribution >= 0.6 is 23.8 Å². The monoisotopic (exact) mass is 447 g/mol. The third-order valence-electron chi connectivity index (χ3n) is 4.20. The molecule has 30 heavy (non-hydrogen) atoms. The Hall–Kier alpha value is -3.50. The SMILES string of the molecule is COc1cc(OC)c([N+](=O)[O-])cc1/C=C1\C(=O)NC(=S)N(c2cccc(Cl)c2)C1=O. The number of carbonyl (C=O) groups is 2. The first-order valence-electron chi connectivity index (χ1n) is 8.34. The molecular formula is C19H14ClN3O6S. The number of benzene rings is 2. The van der Waals surface area contributed by atoms with Crippen molar-refractivity contribution in [1.29, 1.82) is 0 Å². The van der Waals surface area contributed by atoms with E-state index >= 15 is 0 Å². The largest absolute Gasteiger partial charge is 0.496 e. The van der Waals surface area contributed by atoms with Crippen molar-refractivity contribution in [3.8, 4) is 11.5 Å². The lowest BCUT2D eigenvalue weighted by Crippen LogP contribution is -2.54. The molecule has 1 N–H and O–H groups in total. The number of rotatable bonds is 5. The number of halogens is 1. The Balaban J connectivity index is 2.13. The molecular weight excluding hydrogens is 434 g/mol. The highest BCUT2D eigenvalue weighted by molar-refractivity contribution is 7.80. The second-order valence-electron chi connectivity index (χ2n) is 5.96. The van der Waals surface area contributed by atoms with Crippen LogP contribution in [0.5, 0.6) is 11.5 Å². The number of nitrogens with zero attached hydrogens (tertiary/aromatic N) is 2. The summed E-state index contributed by atoms with van der Waals surface area (Å²) in [7, 11) is 2.63. The number of nitro groups is 1. The average molecular weight is 448 g/mol. The van der Waals surface area contributed by atoms with E-state index in [1.165, 1.54) is 32.4 Å². The molecule has 1 saturated heterocycles. The molecule has 2 aromatic rings. The summed E-state index contributed by atoms with van der Waals surface area (Å²) < 4.78 is 10.2. The first kappa shape index (κ1) is 21.2. The summed E-state index contributed by atoms with van der Waals surface area (Å²) in [5.41, 5.74) is -0.143. The molecule has 0 unspecified atom stereocenters. The zero-order valence-electron chi connectivity index (χ0n) is 15.7. The van der Waals surface area contributed by atoms with Crippen molar-refractivity contribution in [3.05, 3.63) is 62.7 Å². The zero-order valence-corrected chi connectivity index (χ0v) is 17.2. The molecule has 0 saturated carbocycles. The minimum atomic E-state index is -0.746. The van der Waals surface area contributed by atoms with Crippen LogP contribution in [-0.2, 0) is 9.59 Å². The third-order valence-corrected chi connectivity index (χ3v) is 4.72. The van der Waals surface area contributed by atoms with Gasteiger partial charge in [-0.2, -0.15) is 0 Å². The molecule has 3 rings (SSSR count). The summed E-state index contributed by atoms with van der Waals surface area (Å²) >= 11 is 11.1. The highest BCUT2D eigenvalue weighted by Gasteiger charge is 2.35. The minimum Gasteiger partial charge on any atom is -0.496 e. The van der Waals surface area contributed by atoms with Crippen LogP contribution in [0.1, 0.15) is 5.56 Å². The van der Waals surface area contributed by atoms with E-state index in [4.69, 9.17) is 33.3 Å². The Morgan fingerprint density at radius 2 is 1.87 bits per heavy atom. The molecule has 154 valence electrons. The lowest BCUT2D eigenvalue weighted by molar-refractivity contribution is -0.385. The lowest BCUT2D eigenvalue weighted by atomic mass is 10.0. The fraction of sp³-hybridized carbons (Fsp3) is 0.105. The first-order chi connectivity index (χ1) is 14.3. The van der Waals surface area contributed by atoms with Gasteiger partial charge < -0.3 is 9.47 Å². The van der Waals surface area contributed by atoms with Gasteiger partial charge >= 0.3 is 5.69 Å².